The van der Waals surface area contributed by atoms with Gasteiger partial charge < -0.3 is 14.4 Å². The lowest BCUT2D eigenvalue weighted by atomic mass is 10.0. The van der Waals surface area contributed by atoms with Gasteiger partial charge in [0.15, 0.2) is 0 Å². The Morgan fingerprint density at radius 2 is 0.974 bits per heavy atom. The first-order valence-electron chi connectivity index (χ1n) is 13.1. The maximum absolute atomic E-state index is 13.4. The fourth-order valence-corrected chi connectivity index (χ4v) is 4.25. The van der Waals surface area contributed by atoms with E-state index in [0.29, 0.717) is 24.2 Å². The third-order valence-electron chi connectivity index (χ3n) is 6.06. The van der Waals surface area contributed by atoms with Crippen LogP contribution in [0.2, 0.25) is 0 Å². The quantitative estimate of drug-likeness (QED) is 0.156. The fourth-order valence-electron chi connectivity index (χ4n) is 4.25. The summed E-state index contributed by atoms with van der Waals surface area (Å²) in [5, 5.41) is 0. The van der Waals surface area contributed by atoms with Crippen LogP contribution < -0.4 is 4.90 Å². The molecule has 0 saturated carbocycles. The molecule has 4 aromatic rings. The third kappa shape index (κ3) is 6.48. The average Bonchev–Trinajstić information content (AvgIpc) is 2.98. The Kier molecular flexibility index (Phi) is 9.30. The summed E-state index contributed by atoms with van der Waals surface area (Å²) in [6, 6.07) is 34.3. The summed E-state index contributed by atoms with van der Waals surface area (Å²) in [7, 11) is 0. The van der Waals surface area contributed by atoms with Gasteiger partial charge in [0.05, 0.1) is 13.2 Å². The van der Waals surface area contributed by atoms with E-state index in [0.717, 1.165) is 22.3 Å². The largest absolute Gasteiger partial charge is 0.464 e. The molecular weight excluding hydrogens is 474 g/mol. The number of carbonyl (C=O) groups is 2. The van der Waals surface area contributed by atoms with Gasteiger partial charge in [-0.05, 0) is 59.4 Å². The Morgan fingerprint density at radius 1 is 0.579 bits per heavy atom. The third-order valence-corrected chi connectivity index (χ3v) is 6.06. The topological polar surface area (TPSA) is 55.8 Å². The smallest absolute Gasteiger partial charge is 0.340 e. The molecule has 0 aliphatic carbocycles. The van der Waals surface area contributed by atoms with Gasteiger partial charge in [-0.3, -0.25) is 0 Å². The summed E-state index contributed by atoms with van der Waals surface area (Å²) in [4.78, 5) is 28.6. The summed E-state index contributed by atoms with van der Waals surface area (Å²) >= 11 is 0. The first-order chi connectivity index (χ1) is 18.6. The van der Waals surface area contributed by atoms with Crippen molar-refractivity contribution in [2.75, 3.05) is 18.1 Å². The second-order valence-corrected chi connectivity index (χ2v) is 8.94. The minimum atomic E-state index is -1.30. The van der Waals surface area contributed by atoms with Crippen LogP contribution in [0.25, 0.3) is 22.3 Å². The Labute approximate surface area is 224 Å². The standard InChI is InChI=1S/C33H33NO4/c1-3-21-37-32(35)31(33(36)38-22-4-2)34(29-19-11-17-27(23-29)25-13-7-5-8-14-25)30-20-12-18-28(24-30)26-15-9-6-10-16-26/h5-20,23-24,31H,3-4,21-22H2,1-2H3. The first-order valence-corrected chi connectivity index (χ1v) is 13.1. The summed E-state index contributed by atoms with van der Waals surface area (Å²) < 4.78 is 11.1. The molecule has 0 N–H and O–H groups in total. The number of nitrogens with zero attached hydrogens (tertiary/aromatic N) is 1. The maximum Gasteiger partial charge on any atom is 0.340 e. The van der Waals surface area contributed by atoms with Crippen LogP contribution in [0.1, 0.15) is 26.7 Å². The molecule has 0 aromatic heterocycles. The Bertz CT molecular complexity index is 1230. The number of esters is 2. The molecule has 4 rings (SSSR count). The van der Waals surface area contributed by atoms with Crippen LogP contribution in [0.15, 0.2) is 109 Å². The molecule has 4 aromatic carbocycles. The van der Waals surface area contributed by atoms with Gasteiger partial charge in [-0.1, -0.05) is 98.8 Å². The van der Waals surface area contributed by atoms with E-state index in [1.807, 2.05) is 123 Å². The highest BCUT2D eigenvalue weighted by Gasteiger charge is 2.37. The van der Waals surface area contributed by atoms with E-state index >= 15 is 0 Å². The number of rotatable bonds is 11. The van der Waals surface area contributed by atoms with Crippen molar-refractivity contribution in [1.82, 2.24) is 0 Å². The average molecular weight is 508 g/mol. The van der Waals surface area contributed by atoms with Crippen molar-refractivity contribution in [3.8, 4) is 22.3 Å². The van der Waals surface area contributed by atoms with Crippen molar-refractivity contribution in [2.24, 2.45) is 0 Å². The van der Waals surface area contributed by atoms with Gasteiger partial charge in [0.1, 0.15) is 0 Å². The Balaban J connectivity index is 1.87. The number of carbonyl (C=O) groups excluding carboxylic acids is 2. The van der Waals surface area contributed by atoms with E-state index in [4.69, 9.17) is 9.47 Å². The molecule has 0 heterocycles. The maximum atomic E-state index is 13.4. The van der Waals surface area contributed by atoms with Gasteiger partial charge in [0.25, 0.3) is 0 Å². The molecule has 0 amide bonds. The molecule has 194 valence electrons. The lowest BCUT2D eigenvalue weighted by Gasteiger charge is -2.31. The van der Waals surface area contributed by atoms with Crippen LogP contribution in [-0.2, 0) is 19.1 Å². The van der Waals surface area contributed by atoms with E-state index in [9.17, 15) is 9.59 Å². The molecule has 5 nitrogen and oxygen atoms in total. The van der Waals surface area contributed by atoms with Crippen LogP contribution >= 0.6 is 0 Å². The van der Waals surface area contributed by atoms with Crippen LogP contribution in [0, 0.1) is 0 Å². The molecule has 0 saturated heterocycles. The highest BCUT2D eigenvalue weighted by Crippen LogP contribution is 2.34. The Hall–Kier alpha value is -4.38. The summed E-state index contributed by atoms with van der Waals surface area (Å²) in [5.74, 6) is -1.27. The summed E-state index contributed by atoms with van der Waals surface area (Å²) in [6.45, 7) is 4.28. The van der Waals surface area contributed by atoms with E-state index in [2.05, 4.69) is 0 Å². The number of benzene rings is 4. The van der Waals surface area contributed by atoms with Gasteiger partial charge in [-0.25, -0.2) is 9.59 Å². The summed E-state index contributed by atoms with van der Waals surface area (Å²) in [5.41, 5.74) is 5.37. The molecule has 5 heteroatoms. The normalized spacial score (nSPS) is 10.7. The van der Waals surface area contributed by atoms with Gasteiger partial charge in [-0.15, -0.1) is 0 Å². The zero-order valence-electron chi connectivity index (χ0n) is 21.9. The van der Waals surface area contributed by atoms with Gasteiger partial charge >= 0.3 is 11.9 Å². The van der Waals surface area contributed by atoms with Crippen molar-refractivity contribution in [3.05, 3.63) is 109 Å². The van der Waals surface area contributed by atoms with Crippen molar-refractivity contribution in [1.29, 1.82) is 0 Å². The van der Waals surface area contributed by atoms with E-state index < -0.39 is 18.0 Å². The molecule has 0 atom stereocenters. The van der Waals surface area contributed by atoms with Crippen molar-refractivity contribution < 1.29 is 19.1 Å². The van der Waals surface area contributed by atoms with Crippen molar-refractivity contribution in [2.45, 2.75) is 32.7 Å². The molecular formula is C33H33NO4. The molecule has 0 unspecified atom stereocenters. The second-order valence-electron chi connectivity index (χ2n) is 8.94. The van der Waals surface area contributed by atoms with Crippen LogP contribution in [-0.4, -0.2) is 31.2 Å². The van der Waals surface area contributed by atoms with Crippen LogP contribution in [0.4, 0.5) is 11.4 Å². The molecule has 0 aliphatic rings. The van der Waals surface area contributed by atoms with Gasteiger partial charge in [0.2, 0.25) is 6.04 Å². The molecule has 0 fully saturated rings. The zero-order valence-corrected chi connectivity index (χ0v) is 21.9. The molecule has 38 heavy (non-hydrogen) atoms. The minimum Gasteiger partial charge on any atom is -0.464 e. The lowest BCUT2D eigenvalue weighted by molar-refractivity contribution is -0.156. The molecule has 0 bridgehead atoms. The SMILES string of the molecule is CCCOC(=O)C(C(=O)OCCC)N(c1cccc(-c2ccccc2)c1)c1cccc(-c2ccccc2)c1. The first kappa shape index (κ1) is 26.7. The highest BCUT2D eigenvalue weighted by atomic mass is 16.6. The predicted octanol–water partition coefficient (Wildman–Crippen LogP) is 7.43. The minimum absolute atomic E-state index is 0.221. The van der Waals surface area contributed by atoms with E-state index in [1.54, 1.807) is 4.90 Å². The van der Waals surface area contributed by atoms with Gasteiger partial charge in [0, 0.05) is 11.4 Å². The lowest BCUT2D eigenvalue weighted by Crippen LogP contribution is -2.46. The van der Waals surface area contributed by atoms with Crippen molar-refractivity contribution >= 4 is 23.3 Å². The number of ether oxygens (including phenoxy) is 2. The second kappa shape index (κ2) is 13.2. The van der Waals surface area contributed by atoms with Crippen LogP contribution in [0.5, 0.6) is 0 Å². The van der Waals surface area contributed by atoms with E-state index in [1.165, 1.54) is 0 Å². The number of hydrogen-bond donors (Lipinski definition) is 0. The zero-order chi connectivity index (χ0) is 26.7. The molecule has 0 radical (unpaired) electrons. The van der Waals surface area contributed by atoms with Crippen LogP contribution in [0.3, 0.4) is 0 Å². The van der Waals surface area contributed by atoms with E-state index in [-0.39, 0.29) is 13.2 Å². The molecule has 0 aliphatic heterocycles. The predicted molar refractivity (Wildman–Crippen MR) is 152 cm³/mol. The number of hydrogen-bond acceptors (Lipinski definition) is 5. The van der Waals surface area contributed by atoms with Gasteiger partial charge in [-0.2, -0.15) is 0 Å². The Morgan fingerprint density at radius 3 is 1.37 bits per heavy atom. The number of anilines is 2. The fraction of sp³-hybridized carbons (Fsp3) is 0.212. The summed E-state index contributed by atoms with van der Waals surface area (Å²) in [6.07, 6.45) is 1.30. The molecule has 0 spiro atoms. The monoisotopic (exact) mass is 507 g/mol. The highest BCUT2D eigenvalue weighted by molar-refractivity contribution is 6.05. The van der Waals surface area contributed by atoms with Crippen molar-refractivity contribution in [3.63, 3.8) is 0 Å².